The molecule has 7 heteroatoms. The predicted octanol–water partition coefficient (Wildman–Crippen LogP) is 3.22. The van der Waals surface area contributed by atoms with Gasteiger partial charge in [-0.05, 0) is 12.1 Å². The number of hydrogen-bond acceptors (Lipinski definition) is 2. The molecule has 0 aliphatic rings. The van der Waals surface area contributed by atoms with E-state index in [1.165, 1.54) is 24.4 Å². The van der Waals surface area contributed by atoms with E-state index in [4.69, 9.17) is 0 Å². The zero-order valence-corrected chi connectivity index (χ0v) is 10.7. The lowest BCUT2D eigenvalue weighted by atomic mass is 10.1. The number of para-hydroxylation sites is 1. The highest BCUT2D eigenvalue weighted by molar-refractivity contribution is 9.09. The van der Waals surface area contributed by atoms with E-state index in [-0.39, 0.29) is 5.69 Å². The van der Waals surface area contributed by atoms with Crippen LogP contribution in [0, 0.1) is 0 Å². The lowest BCUT2D eigenvalue weighted by Gasteiger charge is -2.11. The Morgan fingerprint density at radius 3 is 2.61 bits per heavy atom. The van der Waals surface area contributed by atoms with Crippen LogP contribution in [0.2, 0.25) is 0 Å². The summed E-state index contributed by atoms with van der Waals surface area (Å²) in [4.78, 5) is 0. The third-order valence-electron chi connectivity index (χ3n) is 2.35. The first-order chi connectivity index (χ1) is 8.52. The molecule has 0 N–H and O–H groups in total. The summed E-state index contributed by atoms with van der Waals surface area (Å²) < 4.78 is 39.6. The topological polar surface area (TPSA) is 30.7 Å². The van der Waals surface area contributed by atoms with E-state index in [0.29, 0.717) is 17.4 Å². The summed E-state index contributed by atoms with van der Waals surface area (Å²) in [6.07, 6.45) is -2.28. The smallest absolute Gasteiger partial charge is 0.220 e. The first-order valence-corrected chi connectivity index (χ1v) is 6.28. The van der Waals surface area contributed by atoms with E-state index in [9.17, 15) is 13.2 Å². The monoisotopic (exact) mass is 319 g/mol. The summed E-state index contributed by atoms with van der Waals surface area (Å²) in [5.74, 6) is 0. The van der Waals surface area contributed by atoms with Gasteiger partial charge < -0.3 is 0 Å². The van der Waals surface area contributed by atoms with E-state index in [0.717, 1.165) is 10.7 Å². The van der Waals surface area contributed by atoms with Crippen LogP contribution in [0.3, 0.4) is 0 Å². The average molecular weight is 320 g/mol. The first kappa shape index (κ1) is 13.1. The fourth-order valence-corrected chi connectivity index (χ4v) is 1.95. The molecule has 1 aromatic heterocycles. The van der Waals surface area contributed by atoms with Crippen molar-refractivity contribution in [2.24, 2.45) is 0 Å². The van der Waals surface area contributed by atoms with Crippen molar-refractivity contribution in [1.82, 2.24) is 15.0 Å². The van der Waals surface area contributed by atoms with E-state index in [1.807, 2.05) is 0 Å². The van der Waals surface area contributed by atoms with Crippen LogP contribution in [0.15, 0.2) is 30.5 Å². The van der Waals surface area contributed by atoms with Crippen molar-refractivity contribution in [3.8, 4) is 5.69 Å². The zero-order valence-electron chi connectivity index (χ0n) is 9.15. The maximum absolute atomic E-state index is 12.8. The second-order valence-corrected chi connectivity index (χ2v) is 4.40. The number of alkyl halides is 4. The van der Waals surface area contributed by atoms with Crippen molar-refractivity contribution < 1.29 is 13.2 Å². The van der Waals surface area contributed by atoms with Crippen LogP contribution in [0.1, 0.15) is 11.3 Å². The molecule has 0 saturated carbocycles. The SMILES string of the molecule is FC(F)(F)c1ccccc1-n1cc(CCBr)nn1. The van der Waals surface area contributed by atoms with Gasteiger partial charge in [0.1, 0.15) is 0 Å². The third kappa shape index (κ3) is 2.72. The highest BCUT2D eigenvalue weighted by Gasteiger charge is 2.33. The van der Waals surface area contributed by atoms with Gasteiger partial charge in [0.25, 0.3) is 0 Å². The van der Waals surface area contributed by atoms with Gasteiger partial charge in [-0.2, -0.15) is 13.2 Å². The van der Waals surface area contributed by atoms with Crippen LogP contribution in [0.4, 0.5) is 13.2 Å². The van der Waals surface area contributed by atoms with Gasteiger partial charge in [0.05, 0.1) is 23.1 Å². The lowest BCUT2D eigenvalue weighted by Crippen LogP contribution is -2.10. The van der Waals surface area contributed by atoms with Crippen LogP contribution in [-0.4, -0.2) is 20.3 Å². The van der Waals surface area contributed by atoms with Gasteiger partial charge in [-0.3, -0.25) is 0 Å². The average Bonchev–Trinajstić information content (AvgIpc) is 2.77. The van der Waals surface area contributed by atoms with Gasteiger partial charge in [0.2, 0.25) is 0 Å². The second-order valence-electron chi connectivity index (χ2n) is 3.61. The summed E-state index contributed by atoms with van der Waals surface area (Å²) in [5.41, 5.74) is -0.0949. The molecule has 0 radical (unpaired) electrons. The Balaban J connectivity index is 2.43. The predicted molar refractivity (Wildman–Crippen MR) is 63.9 cm³/mol. The van der Waals surface area contributed by atoms with Gasteiger partial charge in [0, 0.05) is 11.8 Å². The number of halogens is 4. The number of benzene rings is 1. The Morgan fingerprint density at radius 1 is 1.22 bits per heavy atom. The van der Waals surface area contributed by atoms with Crippen molar-refractivity contribution in [1.29, 1.82) is 0 Å². The summed E-state index contributed by atoms with van der Waals surface area (Å²) in [6.45, 7) is 0. The molecular formula is C11H9BrF3N3. The van der Waals surface area contributed by atoms with Crippen LogP contribution in [0.25, 0.3) is 5.69 Å². The highest BCUT2D eigenvalue weighted by Crippen LogP contribution is 2.33. The molecule has 0 aliphatic heterocycles. The fourth-order valence-electron chi connectivity index (χ4n) is 1.54. The molecule has 0 fully saturated rings. The van der Waals surface area contributed by atoms with E-state index in [2.05, 4.69) is 26.2 Å². The second kappa shape index (κ2) is 5.09. The maximum Gasteiger partial charge on any atom is 0.418 e. The van der Waals surface area contributed by atoms with Crippen molar-refractivity contribution >= 4 is 15.9 Å². The molecule has 0 aliphatic carbocycles. The van der Waals surface area contributed by atoms with E-state index in [1.54, 1.807) is 0 Å². The number of rotatable bonds is 3. The van der Waals surface area contributed by atoms with Crippen LogP contribution in [0.5, 0.6) is 0 Å². The third-order valence-corrected chi connectivity index (χ3v) is 2.74. The number of aromatic nitrogens is 3. The van der Waals surface area contributed by atoms with Gasteiger partial charge in [-0.15, -0.1) is 5.10 Å². The molecule has 0 atom stereocenters. The van der Waals surface area contributed by atoms with Crippen molar-refractivity contribution in [2.75, 3.05) is 5.33 Å². The number of nitrogens with zero attached hydrogens (tertiary/aromatic N) is 3. The van der Waals surface area contributed by atoms with Crippen molar-refractivity contribution in [3.05, 3.63) is 41.7 Å². The molecule has 0 saturated heterocycles. The normalized spacial score (nSPS) is 11.8. The first-order valence-electron chi connectivity index (χ1n) is 5.16. The Labute approximate surface area is 110 Å². The highest BCUT2D eigenvalue weighted by atomic mass is 79.9. The standard InChI is InChI=1S/C11H9BrF3N3/c12-6-5-8-7-18(17-16-8)10-4-2-1-3-9(10)11(13,14)15/h1-4,7H,5-6H2. The molecule has 96 valence electrons. The lowest BCUT2D eigenvalue weighted by molar-refractivity contribution is -0.137. The quantitative estimate of drug-likeness (QED) is 0.813. The minimum absolute atomic E-state index is 0.0154. The summed E-state index contributed by atoms with van der Waals surface area (Å²) in [7, 11) is 0. The van der Waals surface area contributed by atoms with Crippen molar-refractivity contribution in [2.45, 2.75) is 12.6 Å². The zero-order chi connectivity index (χ0) is 13.2. The molecule has 0 spiro atoms. The Morgan fingerprint density at radius 2 is 1.94 bits per heavy atom. The largest absolute Gasteiger partial charge is 0.418 e. The fraction of sp³-hybridized carbons (Fsp3) is 0.273. The summed E-state index contributed by atoms with van der Waals surface area (Å²) in [5, 5.41) is 8.23. The molecule has 3 nitrogen and oxygen atoms in total. The molecule has 2 rings (SSSR count). The number of aryl methyl sites for hydroxylation is 1. The Hall–Kier alpha value is -1.37. The molecule has 0 amide bonds. The van der Waals surface area contributed by atoms with Crippen LogP contribution in [-0.2, 0) is 12.6 Å². The summed E-state index contributed by atoms with van der Waals surface area (Å²) in [6, 6.07) is 5.29. The van der Waals surface area contributed by atoms with E-state index < -0.39 is 11.7 Å². The minimum Gasteiger partial charge on any atom is -0.220 e. The maximum atomic E-state index is 12.8. The van der Waals surface area contributed by atoms with Gasteiger partial charge in [0.15, 0.2) is 0 Å². The van der Waals surface area contributed by atoms with Crippen molar-refractivity contribution in [3.63, 3.8) is 0 Å². The minimum atomic E-state index is -4.40. The molecule has 18 heavy (non-hydrogen) atoms. The molecule has 0 unspecified atom stereocenters. The molecule has 2 aromatic rings. The Kier molecular flexibility index (Phi) is 3.70. The summed E-state index contributed by atoms with van der Waals surface area (Å²) >= 11 is 3.24. The van der Waals surface area contributed by atoms with Gasteiger partial charge in [-0.25, -0.2) is 4.68 Å². The van der Waals surface area contributed by atoms with Gasteiger partial charge in [-0.1, -0.05) is 33.3 Å². The Bertz CT molecular complexity index is 536. The van der Waals surface area contributed by atoms with Crippen LogP contribution >= 0.6 is 15.9 Å². The molecule has 1 aromatic carbocycles. The number of hydrogen-bond donors (Lipinski definition) is 0. The molecule has 0 bridgehead atoms. The molecule has 1 heterocycles. The molecular weight excluding hydrogens is 311 g/mol. The van der Waals surface area contributed by atoms with Gasteiger partial charge >= 0.3 is 6.18 Å². The van der Waals surface area contributed by atoms with Crippen LogP contribution < -0.4 is 0 Å². The van der Waals surface area contributed by atoms with E-state index >= 15 is 0 Å².